The summed E-state index contributed by atoms with van der Waals surface area (Å²) in [6, 6.07) is 2.77. The van der Waals surface area contributed by atoms with Crippen LogP contribution in [0.5, 0.6) is 0 Å². The van der Waals surface area contributed by atoms with Crippen LogP contribution in [0.4, 0.5) is 5.69 Å². The average Bonchev–Trinajstić information content (AvgIpc) is 2.24. The predicted octanol–water partition coefficient (Wildman–Crippen LogP) is 3.22. The van der Waals surface area contributed by atoms with Gasteiger partial charge in [-0.1, -0.05) is 37.0 Å². The summed E-state index contributed by atoms with van der Waals surface area (Å²) >= 11 is 12.0. The lowest BCUT2D eigenvalue weighted by molar-refractivity contribution is -0.118. The van der Waals surface area contributed by atoms with Crippen molar-refractivity contribution in [3.63, 3.8) is 0 Å². The molecule has 94 valence electrons. The molecule has 3 nitrogen and oxygen atoms in total. The number of amides is 1. The molecule has 3 N–H and O–H groups in total. The summed E-state index contributed by atoms with van der Waals surface area (Å²) in [6.45, 7) is 5.61. The zero-order valence-corrected chi connectivity index (χ0v) is 11.6. The first kappa shape index (κ1) is 14.3. The van der Waals surface area contributed by atoms with Gasteiger partial charge in [0.05, 0.1) is 16.8 Å². The van der Waals surface area contributed by atoms with Gasteiger partial charge in [0.1, 0.15) is 0 Å². The largest absolute Gasteiger partial charge is 0.323 e. The minimum absolute atomic E-state index is 0.0645. The van der Waals surface area contributed by atoms with Crippen molar-refractivity contribution in [2.75, 3.05) is 5.32 Å². The van der Waals surface area contributed by atoms with Gasteiger partial charge in [0, 0.05) is 5.02 Å². The minimum Gasteiger partial charge on any atom is -0.323 e. The average molecular weight is 275 g/mol. The Morgan fingerprint density at radius 3 is 2.41 bits per heavy atom. The molecule has 0 bridgehead atoms. The zero-order chi connectivity index (χ0) is 13.2. The summed E-state index contributed by atoms with van der Waals surface area (Å²) in [5.74, 6) is -0.198. The van der Waals surface area contributed by atoms with Gasteiger partial charge in [0.2, 0.25) is 5.91 Å². The number of halogens is 2. The molecule has 0 aliphatic rings. The van der Waals surface area contributed by atoms with E-state index in [1.165, 1.54) is 0 Å². The van der Waals surface area contributed by atoms with Crippen molar-refractivity contribution < 1.29 is 4.79 Å². The number of benzene rings is 1. The van der Waals surface area contributed by atoms with E-state index in [0.29, 0.717) is 15.7 Å². The third-order valence-electron chi connectivity index (χ3n) is 2.53. The first-order valence-corrected chi connectivity index (χ1v) is 6.10. The fourth-order valence-electron chi connectivity index (χ4n) is 1.26. The van der Waals surface area contributed by atoms with E-state index in [4.69, 9.17) is 28.9 Å². The lowest BCUT2D eigenvalue weighted by Gasteiger charge is -2.16. The van der Waals surface area contributed by atoms with Crippen molar-refractivity contribution in [2.24, 2.45) is 11.7 Å². The lowest BCUT2D eigenvalue weighted by atomic mass is 10.0. The normalized spacial score (nSPS) is 12.6. The van der Waals surface area contributed by atoms with Crippen molar-refractivity contribution in [2.45, 2.75) is 26.8 Å². The Labute approximate surface area is 111 Å². The first-order chi connectivity index (χ1) is 7.82. The van der Waals surface area contributed by atoms with Crippen molar-refractivity contribution in [1.29, 1.82) is 0 Å². The van der Waals surface area contributed by atoms with E-state index < -0.39 is 6.04 Å². The van der Waals surface area contributed by atoms with E-state index in [9.17, 15) is 4.79 Å². The van der Waals surface area contributed by atoms with Crippen LogP contribution in [0.3, 0.4) is 0 Å². The molecule has 0 aromatic heterocycles. The van der Waals surface area contributed by atoms with E-state index in [1.54, 1.807) is 12.1 Å². The Bertz CT molecular complexity index is 433. The van der Waals surface area contributed by atoms with Crippen LogP contribution in [-0.2, 0) is 4.79 Å². The third kappa shape index (κ3) is 3.60. The quantitative estimate of drug-likeness (QED) is 0.889. The SMILES string of the molecule is Cc1cc(Cl)c(NC(=O)C(N)C(C)C)cc1Cl. The molecule has 17 heavy (non-hydrogen) atoms. The van der Waals surface area contributed by atoms with E-state index in [1.807, 2.05) is 20.8 Å². The fourth-order valence-corrected chi connectivity index (χ4v) is 1.69. The molecule has 0 saturated heterocycles. The molecule has 1 aromatic carbocycles. The van der Waals surface area contributed by atoms with Crippen molar-refractivity contribution in [1.82, 2.24) is 0 Å². The summed E-state index contributed by atoms with van der Waals surface area (Å²) in [5, 5.41) is 3.69. The molecule has 0 radical (unpaired) electrons. The lowest BCUT2D eigenvalue weighted by Crippen LogP contribution is -2.39. The number of anilines is 1. The molecule has 0 fully saturated rings. The van der Waals surface area contributed by atoms with Crippen LogP contribution in [0.25, 0.3) is 0 Å². The highest BCUT2D eigenvalue weighted by atomic mass is 35.5. The van der Waals surface area contributed by atoms with E-state index >= 15 is 0 Å². The number of carbonyl (C=O) groups is 1. The second kappa shape index (κ2) is 5.71. The Kier molecular flexibility index (Phi) is 4.80. The molecular formula is C12H16Cl2N2O. The molecule has 0 aliphatic carbocycles. The van der Waals surface area contributed by atoms with Crippen LogP contribution in [0.15, 0.2) is 12.1 Å². The highest BCUT2D eigenvalue weighted by Crippen LogP contribution is 2.28. The number of nitrogens with two attached hydrogens (primary N) is 1. The van der Waals surface area contributed by atoms with Crippen LogP contribution in [0, 0.1) is 12.8 Å². The first-order valence-electron chi connectivity index (χ1n) is 5.35. The van der Waals surface area contributed by atoms with Gasteiger partial charge in [0.25, 0.3) is 0 Å². The summed E-state index contributed by atoms with van der Waals surface area (Å²) in [4.78, 5) is 11.8. The Morgan fingerprint density at radius 1 is 1.29 bits per heavy atom. The second-order valence-electron chi connectivity index (χ2n) is 4.34. The molecule has 5 heteroatoms. The van der Waals surface area contributed by atoms with Crippen molar-refractivity contribution >= 4 is 34.8 Å². The highest BCUT2D eigenvalue weighted by Gasteiger charge is 2.18. The van der Waals surface area contributed by atoms with Crippen LogP contribution in [-0.4, -0.2) is 11.9 Å². The zero-order valence-electron chi connectivity index (χ0n) is 10.1. The number of carbonyl (C=O) groups excluding carboxylic acids is 1. The number of aryl methyl sites for hydroxylation is 1. The molecule has 0 saturated carbocycles. The Balaban J connectivity index is 2.89. The summed E-state index contributed by atoms with van der Waals surface area (Å²) < 4.78 is 0. The third-order valence-corrected chi connectivity index (χ3v) is 3.25. The molecule has 0 aliphatic heterocycles. The van der Waals surface area contributed by atoms with Gasteiger partial charge >= 0.3 is 0 Å². The number of hydrogen-bond acceptors (Lipinski definition) is 2. The van der Waals surface area contributed by atoms with Crippen LogP contribution >= 0.6 is 23.2 Å². The predicted molar refractivity (Wildman–Crippen MR) is 72.6 cm³/mol. The maximum absolute atomic E-state index is 11.8. The highest BCUT2D eigenvalue weighted by molar-refractivity contribution is 6.36. The molecule has 0 spiro atoms. The molecule has 1 aromatic rings. The topological polar surface area (TPSA) is 55.1 Å². The van der Waals surface area contributed by atoms with Gasteiger partial charge in [-0.2, -0.15) is 0 Å². The van der Waals surface area contributed by atoms with Gasteiger partial charge in [0.15, 0.2) is 0 Å². The smallest absolute Gasteiger partial charge is 0.241 e. The minimum atomic E-state index is -0.564. The molecule has 0 heterocycles. The summed E-state index contributed by atoms with van der Waals surface area (Å²) in [6.07, 6.45) is 0. The van der Waals surface area contributed by atoms with Crippen molar-refractivity contribution in [3.8, 4) is 0 Å². The summed E-state index contributed by atoms with van der Waals surface area (Å²) in [7, 11) is 0. The van der Waals surface area contributed by atoms with Crippen LogP contribution < -0.4 is 11.1 Å². The standard InChI is InChI=1S/C12H16Cl2N2O/c1-6(2)11(15)12(17)16-10-5-8(13)7(3)4-9(10)14/h4-6,11H,15H2,1-3H3,(H,16,17). The second-order valence-corrected chi connectivity index (χ2v) is 5.15. The Morgan fingerprint density at radius 2 is 1.88 bits per heavy atom. The maximum Gasteiger partial charge on any atom is 0.241 e. The number of rotatable bonds is 3. The van der Waals surface area contributed by atoms with Gasteiger partial charge < -0.3 is 11.1 Å². The van der Waals surface area contributed by atoms with Crippen LogP contribution in [0.2, 0.25) is 10.0 Å². The molecule has 1 unspecified atom stereocenters. The Hall–Kier alpha value is -0.770. The number of nitrogens with one attached hydrogen (secondary N) is 1. The van der Waals surface area contributed by atoms with E-state index in [-0.39, 0.29) is 11.8 Å². The van der Waals surface area contributed by atoms with Crippen LogP contribution in [0.1, 0.15) is 19.4 Å². The fraction of sp³-hybridized carbons (Fsp3) is 0.417. The molecule has 1 amide bonds. The van der Waals surface area contributed by atoms with E-state index in [2.05, 4.69) is 5.32 Å². The number of hydrogen-bond donors (Lipinski definition) is 2. The maximum atomic E-state index is 11.8. The monoisotopic (exact) mass is 274 g/mol. The van der Waals surface area contributed by atoms with E-state index in [0.717, 1.165) is 5.56 Å². The van der Waals surface area contributed by atoms with Gasteiger partial charge in [-0.3, -0.25) is 4.79 Å². The summed E-state index contributed by atoms with van der Waals surface area (Å²) in [5.41, 5.74) is 7.09. The van der Waals surface area contributed by atoms with Gasteiger partial charge in [-0.15, -0.1) is 0 Å². The van der Waals surface area contributed by atoms with Gasteiger partial charge in [-0.25, -0.2) is 0 Å². The molecular weight excluding hydrogens is 259 g/mol. The van der Waals surface area contributed by atoms with Gasteiger partial charge in [-0.05, 0) is 30.5 Å². The molecule has 1 rings (SSSR count). The van der Waals surface area contributed by atoms with Crippen molar-refractivity contribution in [3.05, 3.63) is 27.7 Å². The molecule has 1 atom stereocenters.